The summed E-state index contributed by atoms with van der Waals surface area (Å²) < 4.78 is 0. The molecule has 0 saturated carbocycles. The van der Waals surface area contributed by atoms with Crippen molar-refractivity contribution in [1.82, 2.24) is 15.1 Å². The first-order valence-electron chi connectivity index (χ1n) is 10.1. The molecular weight excluding hydrogens is 370 g/mol. The molecule has 0 aliphatic carbocycles. The number of nitrogens with one attached hydrogen (secondary N) is 1. The number of carbonyl (C=O) groups is 3. The van der Waals surface area contributed by atoms with Crippen LogP contribution in [0.15, 0.2) is 18.2 Å². The van der Waals surface area contributed by atoms with Gasteiger partial charge in [-0.2, -0.15) is 0 Å². The fourth-order valence-electron chi connectivity index (χ4n) is 3.93. The summed E-state index contributed by atoms with van der Waals surface area (Å²) in [5.74, 6) is -0.384. The van der Waals surface area contributed by atoms with Gasteiger partial charge in [-0.1, -0.05) is 0 Å². The van der Waals surface area contributed by atoms with Gasteiger partial charge < -0.3 is 20.0 Å². The first kappa shape index (κ1) is 21.1. The maximum absolute atomic E-state index is 13.3. The van der Waals surface area contributed by atoms with Crippen molar-refractivity contribution in [1.29, 1.82) is 0 Å². The van der Waals surface area contributed by atoms with Crippen LogP contribution in [0.4, 0.5) is 11.4 Å². The summed E-state index contributed by atoms with van der Waals surface area (Å²) in [5.41, 5.74) is 2.07. The summed E-state index contributed by atoms with van der Waals surface area (Å²) in [7, 11) is 7.28. The summed E-state index contributed by atoms with van der Waals surface area (Å²) in [6.07, 6.45) is 2.82. The lowest BCUT2D eigenvalue weighted by Gasteiger charge is -2.45. The van der Waals surface area contributed by atoms with Gasteiger partial charge in [0.1, 0.15) is 12.6 Å². The van der Waals surface area contributed by atoms with Crippen molar-refractivity contribution in [2.24, 2.45) is 0 Å². The Morgan fingerprint density at radius 3 is 2.59 bits per heavy atom. The standard InChI is InChI=1S/C21H31N5O3/c1-23(2)12-10-22-19(27)14-26-18-13-15(20(28)24(3)4)8-9-16(18)25-11-6-5-7-17(25)21(26)29/h8-9,13,17H,5-7,10-12,14H2,1-4H3,(H,22,27). The van der Waals surface area contributed by atoms with Gasteiger partial charge in [-0.15, -0.1) is 0 Å². The Balaban J connectivity index is 1.90. The quantitative estimate of drug-likeness (QED) is 0.762. The zero-order chi connectivity index (χ0) is 21.1. The van der Waals surface area contributed by atoms with Crippen LogP contribution in [0.25, 0.3) is 0 Å². The molecule has 29 heavy (non-hydrogen) atoms. The van der Waals surface area contributed by atoms with E-state index in [9.17, 15) is 14.4 Å². The maximum Gasteiger partial charge on any atom is 0.253 e. The number of carbonyl (C=O) groups excluding carboxylic acids is 3. The number of hydrogen-bond donors (Lipinski definition) is 1. The molecule has 1 aromatic rings. The predicted octanol–water partition coefficient (Wildman–Crippen LogP) is 0.772. The van der Waals surface area contributed by atoms with Gasteiger partial charge in [0.25, 0.3) is 5.91 Å². The zero-order valence-electron chi connectivity index (χ0n) is 17.8. The molecule has 1 unspecified atom stereocenters. The number of anilines is 2. The molecule has 1 atom stereocenters. The van der Waals surface area contributed by atoms with Crippen molar-refractivity contribution in [3.05, 3.63) is 23.8 Å². The number of hydrogen-bond acceptors (Lipinski definition) is 5. The topological polar surface area (TPSA) is 76.2 Å². The van der Waals surface area contributed by atoms with E-state index in [-0.39, 0.29) is 30.3 Å². The van der Waals surface area contributed by atoms with Crippen LogP contribution in [-0.2, 0) is 9.59 Å². The summed E-state index contributed by atoms with van der Waals surface area (Å²) in [5, 5.41) is 2.88. The molecule has 0 bridgehead atoms. The van der Waals surface area contributed by atoms with E-state index >= 15 is 0 Å². The van der Waals surface area contributed by atoms with Gasteiger partial charge in [-0.3, -0.25) is 19.3 Å². The lowest BCUT2D eigenvalue weighted by Crippen LogP contribution is -2.57. The van der Waals surface area contributed by atoms with E-state index in [4.69, 9.17) is 0 Å². The van der Waals surface area contributed by atoms with E-state index in [1.165, 1.54) is 4.90 Å². The molecule has 2 aliphatic heterocycles. The first-order chi connectivity index (χ1) is 13.8. The van der Waals surface area contributed by atoms with Crippen molar-refractivity contribution in [2.75, 3.05) is 64.2 Å². The van der Waals surface area contributed by atoms with Crippen LogP contribution < -0.4 is 15.1 Å². The van der Waals surface area contributed by atoms with Crippen LogP contribution in [0.5, 0.6) is 0 Å². The summed E-state index contributed by atoms with van der Waals surface area (Å²) in [6, 6.07) is 5.22. The van der Waals surface area contributed by atoms with Crippen LogP contribution >= 0.6 is 0 Å². The highest BCUT2D eigenvalue weighted by molar-refractivity contribution is 6.09. The highest BCUT2D eigenvalue weighted by Crippen LogP contribution is 2.40. The second kappa shape index (κ2) is 8.82. The number of fused-ring (bicyclic) bond motifs is 3. The average Bonchev–Trinajstić information content (AvgIpc) is 2.69. The average molecular weight is 402 g/mol. The van der Waals surface area contributed by atoms with Gasteiger partial charge in [-0.25, -0.2) is 0 Å². The number of piperidine rings is 1. The molecule has 3 rings (SSSR count). The Kier molecular flexibility index (Phi) is 6.42. The largest absolute Gasteiger partial charge is 0.358 e. The van der Waals surface area contributed by atoms with Crippen LogP contribution in [0.1, 0.15) is 29.6 Å². The fraction of sp³-hybridized carbons (Fsp3) is 0.571. The minimum atomic E-state index is -0.235. The summed E-state index contributed by atoms with van der Waals surface area (Å²) >= 11 is 0. The molecule has 0 aromatic heterocycles. The lowest BCUT2D eigenvalue weighted by atomic mass is 9.95. The number of rotatable bonds is 6. The highest BCUT2D eigenvalue weighted by Gasteiger charge is 2.40. The first-order valence-corrected chi connectivity index (χ1v) is 10.1. The number of benzene rings is 1. The zero-order valence-corrected chi connectivity index (χ0v) is 17.8. The van der Waals surface area contributed by atoms with Crippen molar-refractivity contribution in [3.8, 4) is 0 Å². The van der Waals surface area contributed by atoms with E-state index < -0.39 is 0 Å². The molecule has 8 heteroatoms. The third-order valence-corrected chi connectivity index (χ3v) is 5.47. The monoisotopic (exact) mass is 401 g/mol. The van der Waals surface area contributed by atoms with Gasteiger partial charge in [-0.05, 0) is 51.6 Å². The Labute approximate surface area is 172 Å². The van der Waals surface area contributed by atoms with Gasteiger partial charge in [0.05, 0.1) is 11.4 Å². The molecular formula is C21H31N5O3. The Morgan fingerprint density at radius 2 is 1.90 bits per heavy atom. The lowest BCUT2D eigenvalue weighted by molar-refractivity contribution is -0.125. The highest BCUT2D eigenvalue weighted by atomic mass is 16.2. The number of amides is 3. The molecule has 158 valence electrons. The molecule has 8 nitrogen and oxygen atoms in total. The van der Waals surface area contributed by atoms with Crippen LogP contribution in [-0.4, -0.2) is 87.9 Å². The molecule has 2 aliphatic rings. The van der Waals surface area contributed by atoms with E-state index in [1.54, 1.807) is 31.1 Å². The van der Waals surface area contributed by atoms with Crippen LogP contribution in [0, 0.1) is 0 Å². The van der Waals surface area contributed by atoms with Crippen LogP contribution in [0.3, 0.4) is 0 Å². The second-order valence-electron chi connectivity index (χ2n) is 8.19. The number of nitrogens with zero attached hydrogens (tertiary/aromatic N) is 4. The van der Waals surface area contributed by atoms with Crippen LogP contribution in [0.2, 0.25) is 0 Å². The molecule has 1 fully saturated rings. The normalized spacial score (nSPS) is 18.4. The van der Waals surface area contributed by atoms with Gasteiger partial charge in [0.15, 0.2) is 0 Å². The maximum atomic E-state index is 13.3. The minimum absolute atomic E-state index is 0.0385. The van der Waals surface area contributed by atoms with Crippen molar-refractivity contribution < 1.29 is 14.4 Å². The van der Waals surface area contributed by atoms with Gasteiger partial charge >= 0.3 is 0 Å². The second-order valence-corrected chi connectivity index (χ2v) is 8.19. The van der Waals surface area contributed by atoms with Crippen molar-refractivity contribution in [2.45, 2.75) is 25.3 Å². The third kappa shape index (κ3) is 4.53. The Bertz CT molecular complexity index is 793. The molecule has 0 radical (unpaired) electrons. The van der Waals surface area contributed by atoms with Gasteiger partial charge in [0, 0.05) is 39.3 Å². The Hall–Kier alpha value is -2.61. The minimum Gasteiger partial charge on any atom is -0.358 e. The predicted molar refractivity (Wildman–Crippen MR) is 113 cm³/mol. The Morgan fingerprint density at radius 1 is 1.14 bits per heavy atom. The SMILES string of the molecule is CN(C)CCNC(=O)CN1C(=O)C2CCCCN2c2ccc(C(=O)N(C)C)cc21. The van der Waals surface area contributed by atoms with Crippen molar-refractivity contribution in [3.63, 3.8) is 0 Å². The fourth-order valence-corrected chi connectivity index (χ4v) is 3.93. The molecule has 3 amide bonds. The third-order valence-electron chi connectivity index (χ3n) is 5.47. The summed E-state index contributed by atoms with van der Waals surface area (Å²) in [6.45, 7) is 2.03. The van der Waals surface area contributed by atoms with E-state index in [0.29, 0.717) is 17.8 Å². The molecule has 1 aromatic carbocycles. The summed E-state index contributed by atoms with van der Waals surface area (Å²) in [4.78, 5) is 45.4. The molecule has 2 heterocycles. The molecule has 0 spiro atoms. The molecule has 1 saturated heterocycles. The van der Waals surface area contributed by atoms with E-state index in [2.05, 4.69) is 10.2 Å². The van der Waals surface area contributed by atoms with E-state index in [1.807, 2.05) is 25.1 Å². The van der Waals surface area contributed by atoms with Gasteiger partial charge in [0.2, 0.25) is 11.8 Å². The molecule has 1 N–H and O–H groups in total. The van der Waals surface area contributed by atoms with E-state index in [0.717, 1.165) is 38.0 Å². The van der Waals surface area contributed by atoms with Crippen molar-refractivity contribution >= 4 is 29.1 Å². The number of likely N-dealkylation sites (N-methyl/N-ethyl adjacent to an activating group) is 1. The smallest absolute Gasteiger partial charge is 0.253 e.